The highest BCUT2D eigenvalue weighted by Crippen LogP contribution is 2.42. The molecule has 0 saturated heterocycles. The predicted octanol–water partition coefficient (Wildman–Crippen LogP) is 0.589. The zero-order valence-electron chi connectivity index (χ0n) is 12.4. The first-order valence-electron chi connectivity index (χ1n) is 6.64. The first-order valence-corrected chi connectivity index (χ1v) is 6.64. The smallest absolute Gasteiger partial charge is 0.326 e. The van der Waals surface area contributed by atoms with Gasteiger partial charge in [0.2, 0.25) is 0 Å². The van der Waals surface area contributed by atoms with Crippen molar-refractivity contribution >= 4 is 12.0 Å². The molecule has 7 heteroatoms. The molecule has 1 saturated carbocycles. The number of carboxylic acids is 1. The van der Waals surface area contributed by atoms with Crippen LogP contribution in [0.4, 0.5) is 4.79 Å². The topological polar surface area (TPSA) is 96.9 Å². The Morgan fingerprint density at radius 2 is 2.05 bits per heavy atom. The van der Waals surface area contributed by atoms with E-state index in [1.807, 2.05) is 13.8 Å². The Kier molecular flexibility index (Phi) is 5.76. The zero-order valence-corrected chi connectivity index (χ0v) is 12.4. The van der Waals surface area contributed by atoms with E-state index in [1.54, 1.807) is 7.11 Å². The zero-order chi connectivity index (χ0) is 15.3. The second-order valence-electron chi connectivity index (χ2n) is 5.62. The largest absolute Gasteiger partial charge is 0.480 e. The molecule has 0 spiro atoms. The Bertz CT molecular complexity index is 359. The first kappa shape index (κ1) is 16.7. The van der Waals surface area contributed by atoms with Gasteiger partial charge in [-0.1, -0.05) is 13.8 Å². The molecule has 3 N–H and O–H groups in total. The van der Waals surface area contributed by atoms with Gasteiger partial charge in [-0.25, -0.2) is 9.59 Å². The number of nitrogens with one attached hydrogen (secondary N) is 2. The van der Waals surface area contributed by atoms with E-state index in [9.17, 15) is 9.59 Å². The summed E-state index contributed by atoms with van der Waals surface area (Å²) in [6.45, 7) is 4.29. The van der Waals surface area contributed by atoms with Crippen LogP contribution in [0.15, 0.2) is 0 Å². The number of methoxy groups -OCH3 is 2. The Balaban J connectivity index is 2.45. The summed E-state index contributed by atoms with van der Waals surface area (Å²) in [6, 6.07) is -1.44. The summed E-state index contributed by atoms with van der Waals surface area (Å²) >= 11 is 0. The predicted molar refractivity (Wildman–Crippen MR) is 72.6 cm³/mol. The van der Waals surface area contributed by atoms with Gasteiger partial charge in [0.05, 0.1) is 6.10 Å². The summed E-state index contributed by atoms with van der Waals surface area (Å²) in [7, 11) is 3.13. The van der Waals surface area contributed by atoms with Crippen molar-refractivity contribution < 1.29 is 24.2 Å². The van der Waals surface area contributed by atoms with Gasteiger partial charge in [0.15, 0.2) is 0 Å². The van der Waals surface area contributed by atoms with E-state index in [2.05, 4.69) is 10.6 Å². The number of amides is 2. The number of hydrogen-bond acceptors (Lipinski definition) is 4. The number of hydrogen-bond donors (Lipinski definition) is 3. The van der Waals surface area contributed by atoms with Crippen LogP contribution in [0.25, 0.3) is 0 Å². The molecule has 7 nitrogen and oxygen atoms in total. The van der Waals surface area contributed by atoms with Gasteiger partial charge in [0.25, 0.3) is 0 Å². The number of rotatable bonds is 7. The molecule has 0 aromatic heterocycles. The van der Waals surface area contributed by atoms with Gasteiger partial charge in [-0.15, -0.1) is 0 Å². The summed E-state index contributed by atoms with van der Waals surface area (Å²) in [5, 5.41) is 14.3. The van der Waals surface area contributed by atoms with Crippen LogP contribution in [-0.4, -0.2) is 56.1 Å². The highest BCUT2D eigenvalue weighted by atomic mass is 16.5. The molecular weight excluding hydrogens is 264 g/mol. The number of urea groups is 1. The fourth-order valence-corrected chi connectivity index (χ4v) is 2.38. The molecule has 0 aromatic carbocycles. The first-order chi connectivity index (χ1) is 9.32. The van der Waals surface area contributed by atoms with Crippen LogP contribution in [0.3, 0.4) is 0 Å². The summed E-state index contributed by atoms with van der Waals surface area (Å²) < 4.78 is 10.1. The maximum Gasteiger partial charge on any atom is 0.326 e. The molecule has 3 atom stereocenters. The summed E-state index contributed by atoms with van der Waals surface area (Å²) in [6.07, 6.45) is 1.07. The van der Waals surface area contributed by atoms with Gasteiger partial charge in [0, 0.05) is 38.7 Å². The van der Waals surface area contributed by atoms with E-state index in [0.29, 0.717) is 0 Å². The molecule has 1 fully saturated rings. The Labute approximate surface area is 119 Å². The van der Waals surface area contributed by atoms with Crippen LogP contribution < -0.4 is 10.6 Å². The summed E-state index contributed by atoms with van der Waals surface area (Å²) in [5.41, 5.74) is -0.155. The monoisotopic (exact) mass is 288 g/mol. The Morgan fingerprint density at radius 1 is 1.40 bits per heavy atom. The second-order valence-corrected chi connectivity index (χ2v) is 5.62. The van der Waals surface area contributed by atoms with Gasteiger partial charge in [0.1, 0.15) is 6.04 Å². The van der Waals surface area contributed by atoms with Crippen molar-refractivity contribution in [3.05, 3.63) is 0 Å². The lowest BCUT2D eigenvalue weighted by Crippen LogP contribution is -2.63. The number of aliphatic carboxylic acids is 1. The van der Waals surface area contributed by atoms with E-state index in [0.717, 1.165) is 6.42 Å². The van der Waals surface area contributed by atoms with Crippen molar-refractivity contribution in [2.75, 3.05) is 20.8 Å². The minimum Gasteiger partial charge on any atom is -0.480 e. The summed E-state index contributed by atoms with van der Waals surface area (Å²) in [5.74, 6) is -1.07. The fourth-order valence-electron chi connectivity index (χ4n) is 2.38. The molecule has 20 heavy (non-hydrogen) atoms. The second kappa shape index (κ2) is 6.90. The standard InChI is InChI=1S/C13H24N2O5/c1-13(2)9(7-10(13)20-4)15-12(18)14-8(11(16)17)5-6-19-3/h8-10H,5-7H2,1-4H3,(H,16,17)(H2,14,15,18). The molecular formula is C13H24N2O5. The molecule has 2 amide bonds. The maximum absolute atomic E-state index is 11.8. The highest BCUT2D eigenvalue weighted by Gasteiger charge is 2.49. The quantitative estimate of drug-likeness (QED) is 0.637. The SMILES string of the molecule is COCCC(NC(=O)NC1CC(OC)C1(C)C)C(=O)O. The number of ether oxygens (including phenoxy) is 2. The normalized spacial score (nSPS) is 25.4. The van der Waals surface area contributed by atoms with Crippen molar-refractivity contribution in [3.63, 3.8) is 0 Å². The number of carbonyl (C=O) groups excluding carboxylic acids is 1. The third kappa shape index (κ3) is 3.83. The maximum atomic E-state index is 11.8. The van der Waals surface area contributed by atoms with Crippen molar-refractivity contribution in [3.8, 4) is 0 Å². The lowest BCUT2D eigenvalue weighted by atomic mass is 9.64. The van der Waals surface area contributed by atoms with Gasteiger partial charge in [-0.2, -0.15) is 0 Å². The lowest BCUT2D eigenvalue weighted by molar-refractivity contribution is -0.139. The Morgan fingerprint density at radius 3 is 2.50 bits per heavy atom. The van der Waals surface area contributed by atoms with E-state index >= 15 is 0 Å². The fraction of sp³-hybridized carbons (Fsp3) is 0.846. The van der Waals surface area contributed by atoms with Gasteiger partial charge in [-0.3, -0.25) is 0 Å². The number of carbonyl (C=O) groups is 2. The third-order valence-electron chi connectivity index (χ3n) is 3.98. The average Bonchev–Trinajstić information content (AvgIpc) is 2.38. The van der Waals surface area contributed by atoms with Crippen LogP contribution in [0.1, 0.15) is 26.7 Å². The molecule has 0 heterocycles. The van der Waals surface area contributed by atoms with Crippen molar-refractivity contribution in [2.45, 2.75) is 44.9 Å². The van der Waals surface area contributed by atoms with Crippen molar-refractivity contribution in [2.24, 2.45) is 5.41 Å². The highest BCUT2D eigenvalue weighted by molar-refractivity contribution is 5.82. The van der Waals surface area contributed by atoms with Crippen LogP contribution >= 0.6 is 0 Å². The van der Waals surface area contributed by atoms with Crippen LogP contribution in [0, 0.1) is 5.41 Å². The van der Waals surface area contributed by atoms with Crippen LogP contribution in [0.2, 0.25) is 0 Å². The molecule has 3 unspecified atom stereocenters. The van der Waals surface area contributed by atoms with Crippen molar-refractivity contribution in [1.29, 1.82) is 0 Å². The van der Waals surface area contributed by atoms with E-state index in [-0.39, 0.29) is 30.6 Å². The minimum absolute atomic E-state index is 0.0238. The van der Waals surface area contributed by atoms with Crippen LogP contribution in [-0.2, 0) is 14.3 Å². The number of carboxylic acid groups (broad SMARTS) is 1. The van der Waals surface area contributed by atoms with Gasteiger partial charge < -0.3 is 25.2 Å². The molecule has 0 bridgehead atoms. The van der Waals surface area contributed by atoms with E-state index in [4.69, 9.17) is 14.6 Å². The molecule has 0 aromatic rings. The molecule has 0 radical (unpaired) electrons. The molecule has 1 rings (SSSR count). The van der Waals surface area contributed by atoms with E-state index in [1.165, 1.54) is 7.11 Å². The average molecular weight is 288 g/mol. The minimum atomic E-state index is -1.07. The van der Waals surface area contributed by atoms with Gasteiger partial charge in [-0.05, 0) is 6.42 Å². The Hall–Kier alpha value is -1.34. The lowest BCUT2D eigenvalue weighted by Gasteiger charge is -2.51. The molecule has 0 aliphatic heterocycles. The van der Waals surface area contributed by atoms with Crippen LogP contribution in [0.5, 0.6) is 0 Å². The molecule has 116 valence electrons. The summed E-state index contributed by atoms with van der Waals surface area (Å²) in [4.78, 5) is 22.9. The van der Waals surface area contributed by atoms with E-state index < -0.39 is 18.0 Å². The molecule has 1 aliphatic carbocycles. The molecule has 1 aliphatic rings. The van der Waals surface area contributed by atoms with Gasteiger partial charge >= 0.3 is 12.0 Å². The third-order valence-corrected chi connectivity index (χ3v) is 3.98. The van der Waals surface area contributed by atoms with Crippen molar-refractivity contribution in [1.82, 2.24) is 10.6 Å².